The van der Waals surface area contributed by atoms with E-state index in [1.165, 1.54) is 0 Å². The van der Waals surface area contributed by atoms with Gasteiger partial charge in [0.1, 0.15) is 17.2 Å². The summed E-state index contributed by atoms with van der Waals surface area (Å²) in [5, 5.41) is -0.301. The summed E-state index contributed by atoms with van der Waals surface area (Å²) in [6.45, 7) is 0.573. The maximum absolute atomic E-state index is 13.2. The highest BCUT2D eigenvalue weighted by molar-refractivity contribution is 7.89. The Morgan fingerprint density at radius 2 is 2.03 bits per heavy atom. The number of ketones is 1. The van der Waals surface area contributed by atoms with Crippen molar-refractivity contribution in [2.75, 3.05) is 19.6 Å². The van der Waals surface area contributed by atoms with Crippen molar-refractivity contribution in [1.82, 2.24) is 9.62 Å². The normalized spacial score (nSPS) is 20.6. The van der Waals surface area contributed by atoms with Gasteiger partial charge >= 0.3 is 0 Å². The standard InChI is InChI=1S/C21H20ClFN2O5S/c22-16-11-14(5-6-17(16)23)31(28,29)24-9-7-20(27)25-10-8-21(13-25)12-18(26)15-3-1-2-4-19(15)30-21/h1-6,11,24H,7-10,12-13H2. The van der Waals surface area contributed by atoms with E-state index in [1.807, 2.05) is 0 Å². The van der Waals surface area contributed by atoms with E-state index < -0.39 is 21.4 Å². The van der Waals surface area contributed by atoms with Gasteiger partial charge in [-0.25, -0.2) is 17.5 Å². The molecule has 2 aliphatic heterocycles. The third kappa shape index (κ3) is 4.44. The summed E-state index contributed by atoms with van der Waals surface area (Å²) in [7, 11) is -3.93. The highest BCUT2D eigenvalue weighted by Crippen LogP contribution is 2.38. The number of carbonyl (C=O) groups is 2. The maximum Gasteiger partial charge on any atom is 0.240 e. The van der Waals surface area contributed by atoms with Crippen LogP contribution < -0.4 is 9.46 Å². The van der Waals surface area contributed by atoms with E-state index in [9.17, 15) is 22.4 Å². The molecule has 1 spiro atoms. The van der Waals surface area contributed by atoms with Crippen molar-refractivity contribution in [2.24, 2.45) is 0 Å². The van der Waals surface area contributed by atoms with Crippen LogP contribution in [0, 0.1) is 5.82 Å². The summed E-state index contributed by atoms with van der Waals surface area (Å²) in [6, 6.07) is 10.1. The molecule has 0 aliphatic carbocycles. The molecule has 1 fully saturated rings. The first-order chi connectivity index (χ1) is 14.7. The van der Waals surface area contributed by atoms with Gasteiger partial charge in [-0.2, -0.15) is 0 Å². The molecule has 2 aromatic carbocycles. The number of carbonyl (C=O) groups excluding carboxylic acids is 2. The number of likely N-dealkylation sites (tertiary alicyclic amines) is 1. The lowest BCUT2D eigenvalue weighted by atomic mass is 9.89. The molecule has 0 bridgehead atoms. The molecule has 2 heterocycles. The summed E-state index contributed by atoms with van der Waals surface area (Å²) in [6.07, 6.45) is 0.666. The van der Waals surface area contributed by atoms with Crippen LogP contribution in [0.25, 0.3) is 0 Å². The van der Waals surface area contributed by atoms with Gasteiger partial charge in [0.25, 0.3) is 0 Å². The van der Waals surface area contributed by atoms with E-state index in [1.54, 1.807) is 29.2 Å². The summed E-state index contributed by atoms with van der Waals surface area (Å²) >= 11 is 5.64. The zero-order valence-corrected chi connectivity index (χ0v) is 18.0. The van der Waals surface area contributed by atoms with Crippen LogP contribution in [0.5, 0.6) is 5.75 Å². The number of nitrogens with one attached hydrogen (secondary N) is 1. The molecule has 1 saturated heterocycles. The van der Waals surface area contributed by atoms with Gasteiger partial charge in [0.05, 0.1) is 28.4 Å². The average Bonchev–Trinajstić information content (AvgIpc) is 3.12. The number of hydrogen-bond donors (Lipinski definition) is 1. The second kappa shape index (κ2) is 8.22. The minimum atomic E-state index is -3.93. The molecule has 1 unspecified atom stereocenters. The summed E-state index contributed by atoms with van der Waals surface area (Å²) < 4.78 is 46.3. The molecular formula is C21H20ClFN2O5S. The fourth-order valence-electron chi connectivity index (χ4n) is 3.91. The molecule has 2 aromatic rings. The van der Waals surface area contributed by atoms with E-state index >= 15 is 0 Å². The summed E-state index contributed by atoms with van der Waals surface area (Å²) in [5.41, 5.74) is -0.195. The van der Waals surface area contributed by atoms with Crippen LogP contribution in [0.1, 0.15) is 29.6 Å². The topological polar surface area (TPSA) is 92.8 Å². The van der Waals surface area contributed by atoms with E-state index in [2.05, 4.69) is 4.72 Å². The molecule has 0 saturated carbocycles. The van der Waals surface area contributed by atoms with Crippen molar-refractivity contribution in [2.45, 2.75) is 29.8 Å². The summed E-state index contributed by atoms with van der Waals surface area (Å²) in [4.78, 5) is 26.5. The van der Waals surface area contributed by atoms with E-state index in [0.717, 1.165) is 18.2 Å². The number of Topliss-reactive ketones (excluding diaryl/α,β-unsaturated/α-hetero) is 1. The number of nitrogens with zero attached hydrogens (tertiary/aromatic N) is 1. The Balaban J connectivity index is 1.34. The Morgan fingerprint density at radius 1 is 1.26 bits per heavy atom. The quantitative estimate of drug-likeness (QED) is 0.731. The number of fused-ring (bicyclic) bond motifs is 1. The van der Waals surface area contributed by atoms with Gasteiger partial charge in [0, 0.05) is 25.9 Å². The molecule has 0 aromatic heterocycles. The van der Waals surface area contributed by atoms with Crippen molar-refractivity contribution in [3.63, 3.8) is 0 Å². The molecule has 0 radical (unpaired) electrons. The van der Waals surface area contributed by atoms with Crippen molar-refractivity contribution < 1.29 is 27.1 Å². The molecule has 31 heavy (non-hydrogen) atoms. The number of hydrogen-bond acceptors (Lipinski definition) is 5. The van der Waals surface area contributed by atoms with Crippen LogP contribution in [-0.2, 0) is 14.8 Å². The lowest BCUT2D eigenvalue weighted by Gasteiger charge is -2.34. The molecule has 1 amide bonds. The Kier molecular flexibility index (Phi) is 5.76. The Morgan fingerprint density at radius 3 is 2.81 bits per heavy atom. The van der Waals surface area contributed by atoms with Crippen LogP contribution >= 0.6 is 11.6 Å². The molecule has 2 aliphatic rings. The number of ether oxygens (including phenoxy) is 1. The van der Waals surface area contributed by atoms with Gasteiger partial charge in [0.15, 0.2) is 5.78 Å². The lowest BCUT2D eigenvalue weighted by Crippen LogP contribution is -2.45. The Hall–Kier alpha value is -2.49. The first-order valence-corrected chi connectivity index (χ1v) is 11.6. The first kappa shape index (κ1) is 21.7. The van der Waals surface area contributed by atoms with Crippen LogP contribution in [0.3, 0.4) is 0 Å². The van der Waals surface area contributed by atoms with E-state index in [4.69, 9.17) is 16.3 Å². The second-order valence-electron chi connectivity index (χ2n) is 7.67. The van der Waals surface area contributed by atoms with Gasteiger partial charge < -0.3 is 9.64 Å². The SMILES string of the molecule is O=C1CC2(CCN(C(=O)CCNS(=O)(=O)c3ccc(F)c(Cl)c3)C2)Oc2ccccc21. The highest BCUT2D eigenvalue weighted by atomic mass is 35.5. The smallest absolute Gasteiger partial charge is 0.240 e. The first-order valence-electron chi connectivity index (χ1n) is 9.73. The zero-order valence-electron chi connectivity index (χ0n) is 16.4. The molecule has 4 rings (SSSR count). The largest absolute Gasteiger partial charge is 0.484 e. The lowest BCUT2D eigenvalue weighted by molar-refractivity contribution is -0.130. The van der Waals surface area contributed by atoms with Gasteiger partial charge in [-0.05, 0) is 30.3 Å². The van der Waals surface area contributed by atoms with Crippen molar-refractivity contribution in [1.29, 1.82) is 0 Å². The minimum absolute atomic E-state index is 0.0122. The van der Waals surface area contributed by atoms with Gasteiger partial charge in [-0.3, -0.25) is 9.59 Å². The summed E-state index contributed by atoms with van der Waals surface area (Å²) in [5.74, 6) is -0.447. The Labute approximate surface area is 184 Å². The third-order valence-electron chi connectivity index (χ3n) is 5.50. The third-order valence-corrected chi connectivity index (χ3v) is 7.25. The number of rotatable bonds is 5. The fourth-order valence-corrected chi connectivity index (χ4v) is 5.21. The number of benzene rings is 2. The van der Waals surface area contributed by atoms with Crippen molar-refractivity contribution in [3.8, 4) is 5.75 Å². The molecular weight excluding hydrogens is 447 g/mol. The van der Waals surface area contributed by atoms with Gasteiger partial charge in [-0.1, -0.05) is 23.7 Å². The van der Waals surface area contributed by atoms with E-state index in [0.29, 0.717) is 24.3 Å². The van der Waals surface area contributed by atoms with Crippen LogP contribution in [-0.4, -0.2) is 50.2 Å². The van der Waals surface area contributed by atoms with Gasteiger partial charge in [0.2, 0.25) is 15.9 Å². The predicted octanol–water partition coefficient (Wildman–Crippen LogP) is 2.78. The Bertz CT molecular complexity index is 1160. The number of sulfonamides is 1. The molecule has 1 atom stereocenters. The number of para-hydroxylation sites is 1. The average molecular weight is 467 g/mol. The minimum Gasteiger partial charge on any atom is -0.484 e. The molecule has 7 nitrogen and oxygen atoms in total. The second-order valence-corrected chi connectivity index (χ2v) is 9.84. The monoisotopic (exact) mass is 466 g/mol. The molecule has 1 N–H and O–H groups in total. The van der Waals surface area contributed by atoms with Crippen molar-refractivity contribution >= 4 is 33.3 Å². The predicted molar refractivity (Wildman–Crippen MR) is 111 cm³/mol. The maximum atomic E-state index is 13.2. The van der Waals surface area contributed by atoms with Gasteiger partial charge in [-0.15, -0.1) is 0 Å². The number of amides is 1. The zero-order chi connectivity index (χ0) is 22.2. The molecule has 164 valence electrons. The van der Waals surface area contributed by atoms with E-state index in [-0.39, 0.29) is 47.5 Å². The van der Waals surface area contributed by atoms with Crippen LogP contribution in [0.15, 0.2) is 47.4 Å². The highest BCUT2D eigenvalue weighted by Gasteiger charge is 2.46. The fraction of sp³-hybridized carbons (Fsp3) is 0.333. The van der Waals surface area contributed by atoms with Crippen molar-refractivity contribution in [3.05, 3.63) is 58.9 Å². The number of halogens is 2. The molecule has 10 heteroatoms. The van der Waals surface area contributed by atoms with Crippen LogP contribution in [0.4, 0.5) is 4.39 Å². The van der Waals surface area contributed by atoms with Crippen LogP contribution in [0.2, 0.25) is 5.02 Å².